The summed E-state index contributed by atoms with van der Waals surface area (Å²) in [6.45, 7) is 4.21. The van der Waals surface area contributed by atoms with Gasteiger partial charge in [0.25, 0.3) is 0 Å². The zero-order chi connectivity index (χ0) is 15.4. The van der Waals surface area contributed by atoms with E-state index >= 15 is 0 Å². The van der Waals surface area contributed by atoms with E-state index in [1.807, 2.05) is 38.4 Å². The molecule has 2 rings (SSSR count). The zero-order valence-corrected chi connectivity index (χ0v) is 13.0. The van der Waals surface area contributed by atoms with Crippen LogP contribution in [0.2, 0.25) is 0 Å². The number of rotatable bonds is 4. The van der Waals surface area contributed by atoms with Crippen LogP contribution in [0.3, 0.4) is 0 Å². The quantitative estimate of drug-likeness (QED) is 0.915. The van der Waals surface area contributed by atoms with Crippen molar-refractivity contribution in [3.8, 4) is 6.07 Å². The molecule has 0 fully saturated rings. The van der Waals surface area contributed by atoms with Crippen molar-refractivity contribution in [3.05, 3.63) is 59.2 Å². The third-order valence-corrected chi connectivity index (χ3v) is 3.61. The van der Waals surface area contributed by atoms with E-state index in [1.54, 1.807) is 0 Å². The smallest absolute Gasteiger partial charge is 0.0991 e. The van der Waals surface area contributed by atoms with Crippen LogP contribution in [-0.4, -0.2) is 14.1 Å². The highest BCUT2D eigenvalue weighted by Gasteiger charge is 2.08. The second kappa shape index (κ2) is 6.32. The lowest BCUT2D eigenvalue weighted by Gasteiger charge is -2.20. The van der Waals surface area contributed by atoms with Crippen molar-refractivity contribution >= 4 is 11.4 Å². The number of aryl methyl sites for hydroxylation is 1. The molecule has 0 bridgehead atoms. The minimum Gasteiger partial charge on any atom is -0.378 e. The van der Waals surface area contributed by atoms with Gasteiger partial charge in [-0.2, -0.15) is 5.26 Å². The van der Waals surface area contributed by atoms with Gasteiger partial charge in [0.15, 0.2) is 0 Å². The van der Waals surface area contributed by atoms with E-state index in [0.29, 0.717) is 5.56 Å². The van der Waals surface area contributed by atoms with Crippen molar-refractivity contribution in [2.75, 3.05) is 24.3 Å². The van der Waals surface area contributed by atoms with Crippen LogP contribution in [0, 0.1) is 18.3 Å². The van der Waals surface area contributed by atoms with E-state index in [2.05, 4.69) is 48.3 Å². The molecule has 0 saturated carbocycles. The summed E-state index contributed by atoms with van der Waals surface area (Å²) >= 11 is 0. The molecular weight excluding hydrogens is 258 g/mol. The molecule has 0 radical (unpaired) electrons. The molecule has 21 heavy (non-hydrogen) atoms. The lowest BCUT2D eigenvalue weighted by Crippen LogP contribution is -2.11. The van der Waals surface area contributed by atoms with E-state index in [1.165, 1.54) is 11.3 Å². The maximum Gasteiger partial charge on any atom is 0.0991 e. The number of nitrogens with one attached hydrogen (secondary N) is 1. The Bertz CT molecular complexity index is 668. The molecule has 0 aromatic heterocycles. The Hall–Kier alpha value is -2.47. The molecule has 1 N–H and O–H groups in total. The van der Waals surface area contributed by atoms with E-state index in [0.717, 1.165) is 11.3 Å². The molecule has 0 spiro atoms. The second-order valence-corrected chi connectivity index (χ2v) is 5.50. The average molecular weight is 279 g/mol. The number of anilines is 2. The molecule has 108 valence electrons. The largest absolute Gasteiger partial charge is 0.378 e. The van der Waals surface area contributed by atoms with Crippen molar-refractivity contribution in [2.24, 2.45) is 0 Å². The topological polar surface area (TPSA) is 39.1 Å². The number of hydrogen-bond donors (Lipinski definition) is 1. The van der Waals surface area contributed by atoms with Crippen LogP contribution in [0.5, 0.6) is 0 Å². The van der Waals surface area contributed by atoms with Crippen LogP contribution in [0.15, 0.2) is 42.5 Å². The van der Waals surface area contributed by atoms with E-state index in [9.17, 15) is 0 Å². The Morgan fingerprint density at radius 1 is 1.14 bits per heavy atom. The van der Waals surface area contributed by atoms with Gasteiger partial charge in [-0.3, -0.25) is 0 Å². The van der Waals surface area contributed by atoms with Gasteiger partial charge in [0.2, 0.25) is 0 Å². The van der Waals surface area contributed by atoms with Gasteiger partial charge < -0.3 is 10.2 Å². The fourth-order valence-corrected chi connectivity index (χ4v) is 2.28. The summed E-state index contributed by atoms with van der Waals surface area (Å²) < 4.78 is 0. The normalized spacial score (nSPS) is 11.6. The SMILES string of the molecule is Cc1cc(N(C)C)ccc1NC(C)c1cccc(C#N)c1. The fourth-order valence-electron chi connectivity index (χ4n) is 2.28. The molecule has 1 atom stereocenters. The van der Waals surface area contributed by atoms with Crippen LogP contribution >= 0.6 is 0 Å². The van der Waals surface area contributed by atoms with Crippen LogP contribution in [-0.2, 0) is 0 Å². The lowest BCUT2D eigenvalue weighted by molar-refractivity contribution is 0.882. The summed E-state index contributed by atoms with van der Waals surface area (Å²) in [5.74, 6) is 0. The molecule has 0 aliphatic carbocycles. The molecule has 1 unspecified atom stereocenters. The zero-order valence-electron chi connectivity index (χ0n) is 13.0. The first-order valence-corrected chi connectivity index (χ1v) is 7.06. The van der Waals surface area contributed by atoms with Crippen molar-refractivity contribution in [3.63, 3.8) is 0 Å². The summed E-state index contributed by atoms with van der Waals surface area (Å²) in [5, 5.41) is 12.5. The predicted molar refractivity (Wildman–Crippen MR) is 88.7 cm³/mol. The highest BCUT2D eigenvalue weighted by atomic mass is 15.1. The third kappa shape index (κ3) is 3.55. The minimum atomic E-state index is 0.155. The first-order valence-electron chi connectivity index (χ1n) is 7.06. The first-order chi connectivity index (χ1) is 10.0. The van der Waals surface area contributed by atoms with E-state index in [4.69, 9.17) is 5.26 Å². The number of benzene rings is 2. The number of hydrogen-bond acceptors (Lipinski definition) is 3. The van der Waals surface area contributed by atoms with Crippen molar-refractivity contribution < 1.29 is 0 Å². The Balaban J connectivity index is 2.19. The Labute approximate surface area is 126 Å². The summed E-state index contributed by atoms with van der Waals surface area (Å²) in [6.07, 6.45) is 0. The van der Waals surface area contributed by atoms with E-state index < -0.39 is 0 Å². The minimum absolute atomic E-state index is 0.155. The van der Waals surface area contributed by atoms with Gasteiger partial charge in [0.05, 0.1) is 11.6 Å². The second-order valence-electron chi connectivity index (χ2n) is 5.50. The Morgan fingerprint density at radius 2 is 1.90 bits per heavy atom. The summed E-state index contributed by atoms with van der Waals surface area (Å²) in [4.78, 5) is 2.09. The third-order valence-electron chi connectivity index (χ3n) is 3.61. The monoisotopic (exact) mass is 279 g/mol. The molecule has 0 amide bonds. The molecule has 0 aliphatic rings. The number of nitrogens with zero attached hydrogens (tertiary/aromatic N) is 2. The van der Waals surface area contributed by atoms with Crippen LogP contribution in [0.25, 0.3) is 0 Å². The van der Waals surface area contributed by atoms with Crippen molar-refractivity contribution in [1.82, 2.24) is 0 Å². The van der Waals surface area contributed by atoms with Crippen LogP contribution in [0.1, 0.15) is 29.7 Å². The van der Waals surface area contributed by atoms with Gasteiger partial charge in [-0.1, -0.05) is 12.1 Å². The standard InChI is InChI=1S/C18H21N3/c1-13-10-17(21(3)4)8-9-18(13)20-14(2)16-7-5-6-15(11-16)12-19/h5-11,14,20H,1-4H3. The van der Waals surface area contributed by atoms with Gasteiger partial charge in [0, 0.05) is 31.5 Å². The molecule has 0 heterocycles. The van der Waals surface area contributed by atoms with Gasteiger partial charge in [-0.25, -0.2) is 0 Å². The summed E-state index contributed by atoms with van der Waals surface area (Å²) in [6, 6.07) is 16.4. The summed E-state index contributed by atoms with van der Waals surface area (Å²) in [5.41, 5.74) is 5.34. The fraction of sp³-hybridized carbons (Fsp3) is 0.278. The van der Waals surface area contributed by atoms with Gasteiger partial charge in [-0.15, -0.1) is 0 Å². The summed E-state index contributed by atoms with van der Waals surface area (Å²) in [7, 11) is 4.08. The molecule has 0 aliphatic heterocycles. The molecule has 3 heteroatoms. The van der Waals surface area contributed by atoms with Gasteiger partial charge >= 0.3 is 0 Å². The van der Waals surface area contributed by atoms with E-state index in [-0.39, 0.29) is 6.04 Å². The predicted octanol–water partition coefficient (Wildman–Crippen LogP) is 4.11. The molecule has 0 saturated heterocycles. The lowest BCUT2D eigenvalue weighted by atomic mass is 10.0. The number of nitriles is 1. The maximum atomic E-state index is 8.99. The average Bonchev–Trinajstić information content (AvgIpc) is 2.49. The van der Waals surface area contributed by atoms with Crippen molar-refractivity contribution in [1.29, 1.82) is 5.26 Å². The molecular formula is C18H21N3. The van der Waals surface area contributed by atoms with Gasteiger partial charge in [0.1, 0.15) is 0 Å². The Morgan fingerprint density at radius 3 is 2.52 bits per heavy atom. The maximum absolute atomic E-state index is 8.99. The molecule has 2 aromatic rings. The molecule has 2 aromatic carbocycles. The highest BCUT2D eigenvalue weighted by Crippen LogP contribution is 2.25. The molecule has 3 nitrogen and oxygen atoms in total. The Kier molecular flexibility index (Phi) is 4.49. The first kappa shape index (κ1) is 14.9. The van der Waals surface area contributed by atoms with Crippen molar-refractivity contribution in [2.45, 2.75) is 19.9 Å². The van der Waals surface area contributed by atoms with Crippen LogP contribution in [0.4, 0.5) is 11.4 Å². The highest BCUT2D eigenvalue weighted by molar-refractivity contribution is 5.60. The van der Waals surface area contributed by atoms with Gasteiger partial charge in [-0.05, 0) is 55.3 Å². The van der Waals surface area contributed by atoms with Crippen LogP contribution < -0.4 is 10.2 Å².